The van der Waals surface area contributed by atoms with E-state index >= 15 is 0 Å². The largest absolute Gasteiger partial charge is 0.383 e. The number of aryl methyl sites for hydroxylation is 1. The van der Waals surface area contributed by atoms with Gasteiger partial charge in [0.25, 0.3) is 0 Å². The third kappa shape index (κ3) is 3.59. The summed E-state index contributed by atoms with van der Waals surface area (Å²) < 4.78 is 7.59. The standard InChI is InChI=1S/C21H21N5O.CH4/c1-14-23-20(22)18-19(16-11-7-4-8-12-16)25-26(21(18)24-14)13-17(27-2)15-9-5-3-6-10-15;/h3-12,17H,13H2,1-2H3,(H2,22,23,24);1H4. The molecule has 6 nitrogen and oxygen atoms in total. The number of fused-ring (bicyclic) bond motifs is 1. The van der Waals surface area contributed by atoms with Crippen molar-refractivity contribution in [3.05, 3.63) is 72.1 Å². The summed E-state index contributed by atoms with van der Waals surface area (Å²) in [4.78, 5) is 8.96. The fourth-order valence-corrected chi connectivity index (χ4v) is 3.28. The second-order valence-corrected chi connectivity index (χ2v) is 6.39. The van der Waals surface area contributed by atoms with Gasteiger partial charge in [-0.05, 0) is 12.5 Å². The maximum Gasteiger partial charge on any atom is 0.164 e. The first-order valence-electron chi connectivity index (χ1n) is 8.81. The van der Waals surface area contributed by atoms with Gasteiger partial charge in [0.1, 0.15) is 23.4 Å². The molecule has 0 aliphatic carbocycles. The maximum absolute atomic E-state index is 6.25. The summed E-state index contributed by atoms with van der Waals surface area (Å²) in [7, 11) is 1.70. The van der Waals surface area contributed by atoms with Gasteiger partial charge >= 0.3 is 0 Å². The van der Waals surface area contributed by atoms with Crippen LogP contribution < -0.4 is 5.73 Å². The van der Waals surface area contributed by atoms with Crippen molar-refractivity contribution in [2.75, 3.05) is 12.8 Å². The number of hydrogen-bond donors (Lipinski definition) is 1. The van der Waals surface area contributed by atoms with Crippen LogP contribution in [0.5, 0.6) is 0 Å². The van der Waals surface area contributed by atoms with Crippen molar-refractivity contribution in [3.8, 4) is 11.3 Å². The Labute approximate surface area is 165 Å². The minimum absolute atomic E-state index is 0. The van der Waals surface area contributed by atoms with Crippen molar-refractivity contribution >= 4 is 16.9 Å². The van der Waals surface area contributed by atoms with Crippen molar-refractivity contribution < 1.29 is 4.74 Å². The molecule has 0 aliphatic rings. The number of nitrogen functional groups attached to an aromatic ring is 1. The number of hydrogen-bond acceptors (Lipinski definition) is 5. The summed E-state index contributed by atoms with van der Waals surface area (Å²) in [5, 5.41) is 5.60. The van der Waals surface area contributed by atoms with Crippen LogP contribution in [0.3, 0.4) is 0 Å². The lowest BCUT2D eigenvalue weighted by atomic mass is 10.1. The molecule has 6 heteroatoms. The lowest BCUT2D eigenvalue weighted by Gasteiger charge is -2.16. The van der Waals surface area contributed by atoms with Gasteiger partial charge in [-0.15, -0.1) is 0 Å². The molecule has 28 heavy (non-hydrogen) atoms. The fourth-order valence-electron chi connectivity index (χ4n) is 3.28. The summed E-state index contributed by atoms with van der Waals surface area (Å²) in [6.45, 7) is 2.36. The molecule has 1 unspecified atom stereocenters. The van der Waals surface area contributed by atoms with Gasteiger partial charge in [0, 0.05) is 12.7 Å². The second-order valence-electron chi connectivity index (χ2n) is 6.39. The molecule has 0 saturated heterocycles. The first-order valence-corrected chi connectivity index (χ1v) is 8.81. The zero-order valence-corrected chi connectivity index (χ0v) is 15.3. The van der Waals surface area contributed by atoms with Crippen molar-refractivity contribution in [1.82, 2.24) is 19.7 Å². The molecule has 0 aliphatic heterocycles. The van der Waals surface area contributed by atoms with E-state index in [-0.39, 0.29) is 13.5 Å². The number of aromatic nitrogens is 4. The zero-order chi connectivity index (χ0) is 18.8. The first kappa shape index (κ1) is 19.5. The molecule has 144 valence electrons. The van der Waals surface area contributed by atoms with Crippen LogP contribution in [0.2, 0.25) is 0 Å². The van der Waals surface area contributed by atoms with Crippen LogP contribution in [-0.2, 0) is 11.3 Å². The van der Waals surface area contributed by atoms with Gasteiger partial charge in [-0.3, -0.25) is 0 Å². The fraction of sp³-hybridized carbons (Fsp3) is 0.227. The van der Waals surface area contributed by atoms with E-state index in [1.807, 2.05) is 72.3 Å². The van der Waals surface area contributed by atoms with Gasteiger partial charge in [0.15, 0.2) is 5.65 Å². The Bertz CT molecular complexity index is 1060. The molecule has 4 aromatic rings. The maximum atomic E-state index is 6.25. The molecule has 0 amide bonds. The lowest BCUT2D eigenvalue weighted by molar-refractivity contribution is 0.0857. The Morgan fingerprint density at radius 3 is 2.29 bits per heavy atom. The van der Waals surface area contributed by atoms with Gasteiger partial charge in [0.2, 0.25) is 0 Å². The minimum Gasteiger partial charge on any atom is -0.383 e. The first-order chi connectivity index (χ1) is 13.2. The highest BCUT2D eigenvalue weighted by molar-refractivity contribution is 5.98. The molecule has 1 atom stereocenters. The average molecular weight is 375 g/mol. The normalized spacial score (nSPS) is 11.9. The molecule has 2 aromatic carbocycles. The average Bonchev–Trinajstić information content (AvgIpc) is 3.06. The van der Waals surface area contributed by atoms with E-state index < -0.39 is 0 Å². The van der Waals surface area contributed by atoms with Crippen LogP contribution in [0.25, 0.3) is 22.3 Å². The predicted molar refractivity (Wildman–Crippen MR) is 113 cm³/mol. The van der Waals surface area contributed by atoms with Crippen LogP contribution in [0.4, 0.5) is 5.82 Å². The molecule has 0 bridgehead atoms. The highest BCUT2D eigenvalue weighted by Crippen LogP contribution is 2.31. The Morgan fingerprint density at radius 1 is 1.00 bits per heavy atom. The number of nitrogens with two attached hydrogens (primary N) is 1. The number of anilines is 1. The zero-order valence-electron chi connectivity index (χ0n) is 15.3. The quantitative estimate of drug-likeness (QED) is 0.559. The molecular formula is C22H25N5O. The van der Waals surface area contributed by atoms with Gasteiger partial charge < -0.3 is 10.5 Å². The molecule has 4 rings (SSSR count). The minimum atomic E-state index is -0.144. The van der Waals surface area contributed by atoms with E-state index in [9.17, 15) is 0 Å². The van der Waals surface area contributed by atoms with Crippen molar-refractivity contribution in [3.63, 3.8) is 0 Å². The van der Waals surface area contributed by atoms with Crippen LogP contribution in [0.15, 0.2) is 60.7 Å². The Morgan fingerprint density at radius 2 is 1.64 bits per heavy atom. The second kappa shape index (κ2) is 8.19. The highest BCUT2D eigenvalue weighted by Gasteiger charge is 2.20. The van der Waals surface area contributed by atoms with Crippen molar-refractivity contribution in [2.45, 2.75) is 27.0 Å². The number of benzene rings is 2. The SMILES string of the molecule is C.COC(Cn1nc(-c2ccccc2)c2c(N)nc(C)nc21)c1ccccc1. The summed E-state index contributed by atoms with van der Waals surface area (Å²) in [6, 6.07) is 20.0. The lowest BCUT2D eigenvalue weighted by Crippen LogP contribution is -2.13. The van der Waals surface area contributed by atoms with E-state index in [4.69, 9.17) is 15.6 Å². The van der Waals surface area contributed by atoms with E-state index in [2.05, 4.69) is 9.97 Å². The molecule has 0 radical (unpaired) electrons. The number of methoxy groups -OCH3 is 1. The molecule has 0 spiro atoms. The Hall–Kier alpha value is -3.25. The monoisotopic (exact) mass is 375 g/mol. The predicted octanol–water partition coefficient (Wildman–Crippen LogP) is 4.41. The van der Waals surface area contributed by atoms with Crippen molar-refractivity contribution in [2.24, 2.45) is 0 Å². The topological polar surface area (TPSA) is 78.9 Å². The van der Waals surface area contributed by atoms with Crippen LogP contribution >= 0.6 is 0 Å². The summed E-state index contributed by atoms with van der Waals surface area (Å²) in [5.74, 6) is 1.06. The van der Waals surface area contributed by atoms with Crippen LogP contribution in [0, 0.1) is 6.92 Å². The Kier molecular flexibility index (Phi) is 5.70. The van der Waals surface area contributed by atoms with Crippen LogP contribution in [0.1, 0.15) is 24.9 Å². The van der Waals surface area contributed by atoms with E-state index in [1.165, 1.54) is 0 Å². The van der Waals surface area contributed by atoms with Gasteiger partial charge in [0.05, 0.1) is 11.9 Å². The van der Waals surface area contributed by atoms with Crippen LogP contribution in [-0.4, -0.2) is 26.9 Å². The molecule has 0 fully saturated rings. The van der Waals surface area contributed by atoms with E-state index in [0.717, 1.165) is 27.9 Å². The summed E-state index contributed by atoms with van der Waals surface area (Å²) >= 11 is 0. The number of rotatable bonds is 5. The van der Waals surface area contributed by atoms with Crippen molar-refractivity contribution in [1.29, 1.82) is 0 Å². The molecule has 2 N–H and O–H groups in total. The number of nitrogens with zero attached hydrogens (tertiary/aromatic N) is 4. The smallest absolute Gasteiger partial charge is 0.164 e. The van der Waals surface area contributed by atoms with Gasteiger partial charge in [-0.1, -0.05) is 68.1 Å². The Balaban J connectivity index is 0.00000225. The van der Waals surface area contributed by atoms with Gasteiger partial charge in [-0.2, -0.15) is 5.10 Å². The molecule has 2 heterocycles. The number of ether oxygens (including phenoxy) is 1. The third-order valence-electron chi connectivity index (χ3n) is 4.57. The van der Waals surface area contributed by atoms with E-state index in [0.29, 0.717) is 18.2 Å². The summed E-state index contributed by atoms with van der Waals surface area (Å²) in [5.41, 5.74) is 9.82. The molecular weight excluding hydrogens is 350 g/mol. The molecule has 2 aromatic heterocycles. The highest BCUT2D eigenvalue weighted by atomic mass is 16.5. The third-order valence-corrected chi connectivity index (χ3v) is 4.57. The van der Waals surface area contributed by atoms with E-state index in [1.54, 1.807) is 7.11 Å². The summed E-state index contributed by atoms with van der Waals surface area (Å²) in [6.07, 6.45) is -0.144. The molecule has 0 saturated carbocycles. The van der Waals surface area contributed by atoms with Gasteiger partial charge in [-0.25, -0.2) is 14.6 Å².